The third-order valence-corrected chi connectivity index (χ3v) is 2.92. The summed E-state index contributed by atoms with van der Waals surface area (Å²) in [5.74, 6) is 4.93. The molecule has 0 bridgehead atoms. The van der Waals surface area contributed by atoms with Gasteiger partial charge < -0.3 is 5.32 Å². The highest BCUT2D eigenvalue weighted by Gasteiger charge is 2.17. The maximum Gasteiger partial charge on any atom is 0.0684 e. The molecule has 0 spiro atoms. The predicted octanol–water partition coefficient (Wildman–Crippen LogP) is 2.92. The molecule has 0 aromatic carbocycles. The molecule has 1 N–H and O–H groups in total. The lowest BCUT2D eigenvalue weighted by molar-refractivity contribution is 0.271. The van der Waals surface area contributed by atoms with Crippen molar-refractivity contribution in [1.29, 1.82) is 0 Å². The summed E-state index contributed by atoms with van der Waals surface area (Å²) in [5, 5.41) is 3.45. The molecule has 0 fully saturated rings. The van der Waals surface area contributed by atoms with Gasteiger partial charge in [-0.15, -0.1) is 6.42 Å². The first-order valence-electron chi connectivity index (χ1n) is 5.72. The van der Waals surface area contributed by atoms with Crippen molar-refractivity contribution in [2.75, 3.05) is 6.54 Å². The third-order valence-electron chi connectivity index (χ3n) is 2.92. The Morgan fingerprint density at radius 1 is 1.14 bits per heavy atom. The van der Waals surface area contributed by atoms with Crippen molar-refractivity contribution in [3.63, 3.8) is 0 Å². The van der Waals surface area contributed by atoms with Gasteiger partial charge in [0.2, 0.25) is 0 Å². The second-order valence-corrected chi connectivity index (χ2v) is 4.69. The average molecular weight is 195 g/mol. The van der Waals surface area contributed by atoms with Gasteiger partial charge in [0, 0.05) is 0 Å². The maximum absolute atomic E-state index is 5.41. The number of hydrogen-bond acceptors (Lipinski definition) is 1. The Labute approximate surface area is 89.7 Å². The van der Waals surface area contributed by atoms with Crippen molar-refractivity contribution in [2.24, 2.45) is 17.8 Å². The van der Waals surface area contributed by atoms with Gasteiger partial charge in [-0.25, -0.2) is 0 Å². The van der Waals surface area contributed by atoms with Crippen LogP contribution in [0.1, 0.15) is 41.0 Å². The summed E-state index contributed by atoms with van der Waals surface area (Å²) in [5.41, 5.74) is 0. The van der Waals surface area contributed by atoms with Crippen LogP contribution in [0.15, 0.2) is 0 Å². The van der Waals surface area contributed by atoms with E-state index in [4.69, 9.17) is 6.42 Å². The molecule has 0 aliphatic heterocycles. The van der Waals surface area contributed by atoms with Crippen molar-refractivity contribution < 1.29 is 0 Å². The molecule has 1 unspecified atom stereocenters. The summed E-state index contributed by atoms with van der Waals surface area (Å²) >= 11 is 0. The molecule has 1 atom stereocenters. The van der Waals surface area contributed by atoms with Crippen LogP contribution < -0.4 is 5.32 Å². The fourth-order valence-corrected chi connectivity index (χ4v) is 1.84. The van der Waals surface area contributed by atoms with Crippen LogP contribution in [-0.4, -0.2) is 12.6 Å². The molecule has 1 nitrogen and oxygen atoms in total. The number of rotatable bonds is 6. The van der Waals surface area contributed by atoms with E-state index >= 15 is 0 Å². The quantitative estimate of drug-likeness (QED) is 0.643. The van der Waals surface area contributed by atoms with E-state index in [0.29, 0.717) is 0 Å². The fourth-order valence-electron chi connectivity index (χ4n) is 1.84. The molecular formula is C13H25N. The largest absolute Gasteiger partial charge is 0.303 e. The van der Waals surface area contributed by atoms with E-state index in [9.17, 15) is 0 Å². The second-order valence-electron chi connectivity index (χ2n) is 4.69. The zero-order valence-electron chi connectivity index (χ0n) is 10.3. The van der Waals surface area contributed by atoms with E-state index in [-0.39, 0.29) is 6.04 Å². The van der Waals surface area contributed by atoms with Crippen LogP contribution in [0.2, 0.25) is 0 Å². The van der Waals surface area contributed by atoms with Gasteiger partial charge in [0.1, 0.15) is 0 Å². The van der Waals surface area contributed by atoms with Gasteiger partial charge in [0.15, 0.2) is 0 Å². The molecule has 0 aliphatic rings. The summed E-state index contributed by atoms with van der Waals surface area (Å²) < 4.78 is 0. The highest BCUT2D eigenvalue weighted by Crippen LogP contribution is 2.19. The first-order valence-corrected chi connectivity index (χ1v) is 5.72. The lowest BCUT2D eigenvalue weighted by Crippen LogP contribution is -2.35. The molecular weight excluding hydrogens is 170 g/mol. The van der Waals surface area contributed by atoms with Gasteiger partial charge in [-0.05, 0) is 30.7 Å². The Balaban J connectivity index is 4.01. The molecule has 0 amide bonds. The van der Waals surface area contributed by atoms with Gasteiger partial charge in [0.05, 0.1) is 6.04 Å². The molecule has 0 saturated heterocycles. The van der Waals surface area contributed by atoms with E-state index in [1.807, 2.05) is 0 Å². The fraction of sp³-hybridized carbons (Fsp3) is 0.846. The standard InChI is InChI=1S/C13H25N/c1-7-12(8-2)14-9-13(10(3)4)11(5)6/h1,10-14H,8-9H2,2-6H3. The van der Waals surface area contributed by atoms with Crippen molar-refractivity contribution in [1.82, 2.24) is 5.32 Å². The minimum Gasteiger partial charge on any atom is -0.303 e. The Bertz CT molecular complexity index is 168. The normalized spacial score (nSPS) is 13.6. The molecule has 82 valence electrons. The third kappa shape index (κ3) is 4.67. The van der Waals surface area contributed by atoms with Gasteiger partial charge in [-0.3, -0.25) is 0 Å². The van der Waals surface area contributed by atoms with Crippen molar-refractivity contribution in [2.45, 2.75) is 47.1 Å². The summed E-state index contributed by atoms with van der Waals surface area (Å²) in [7, 11) is 0. The minimum absolute atomic E-state index is 0.245. The van der Waals surface area contributed by atoms with E-state index < -0.39 is 0 Å². The van der Waals surface area contributed by atoms with Crippen LogP contribution in [0, 0.1) is 30.1 Å². The van der Waals surface area contributed by atoms with Crippen LogP contribution in [0.3, 0.4) is 0 Å². The molecule has 0 radical (unpaired) electrons. The Kier molecular flexibility index (Phi) is 6.66. The lowest BCUT2D eigenvalue weighted by Gasteiger charge is -2.26. The van der Waals surface area contributed by atoms with Crippen molar-refractivity contribution in [3.05, 3.63) is 0 Å². The molecule has 0 heterocycles. The van der Waals surface area contributed by atoms with Gasteiger partial charge in [-0.2, -0.15) is 0 Å². The van der Waals surface area contributed by atoms with Crippen LogP contribution in [0.25, 0.3) is 0 Å². The topological polar surface area (TPSA) is 12.0 Å². The summed E-state index contributed by atoms with van der Waals surface area (Å²) in [6, 6.07) is 0.245. The molecule has 0 aromatic rings. The summed E-state index contributed by atoms with van der Waals surface area (Å²) in [4.78, 5) is 0. The number of terminal acetylenes is 1. The van der Waals surface area contributed by atoms with Crippen molar-refractivity contribution in [3.8, 4) is 12.3 Å². The molecule has 14 heavy (non-hydrogen) atoms. The van der Waals surface area contributed by atoms with Crippen molar-refractivity contribution >= 4 is 0 Å². The highest BCUT2D eigenvalue weighted by molar-refractivity contribution is 4.98. The van der Waals surface area contributed by atoms with Crippen LogP contribution in [0.4, 0.5) is 0 Å². The number of nitrogens with one attached hydrogen (secondary N) is 1. The Hall–Kier alpha value is -0.480. The Morgan fingerprint density at radius 3 is 1.93 bits per heavy atom. The summed E-state index contributed by atoms with van der Waals surface area (Å²) in [6.45, 7) is 12.3. The van der Waals surface area contributed by atoms with Gasteiger partial charge in [-0.1, -0.05) is 40.5 Å². The average Bonchev–Trinajstić information content (AvgIpc) is 2.11. The minimum atomic E-state index is 0.245. The van der Waals surface area contributed by atoms with E-state index in [2.05, 4.69) is 45.9 Å². The van der Waals surface area contributed by atoms with Crippen LogP contribution in [-0.2, 0) is 0 Å². The molecule has 0 aromatic heterocycles. The molecule has 0 aliphatic carbocycles. The molecule has 0 saturated carbocycles. The van der Waals surface area contributed by atoms with Gasteiger partial charge in [0.25, 0.3) is 0 Å². The first-order chi connectivity index (χ1) is 6.52. The smallest absolute Gasteiger partial charge is 0.0684 e. The Morgan fingerprint density at radius 2 is 1.64 bits per heavy atom. The predicted molar refractivity (Wildman–Crippen MR) is 64.1 cm³/mol. The number of hydrogen-bond donors (Lipinski definition) is 1. The van der Waals surface area contributed by atoms with E-state index in [1.54, 1.807) is 0 Å². The SMILES string of the molecule is C#CC(CC)NCC(C(C)C)C(C)C. The molecule has 1 heteroatoms. The summed E-state index contributed by atoms with van der Waals surface area (Å²) in [6.07, 6.45) is 6.42. The highest BCUT2D eigenvalue weighted by atomic mass is 14.9. The monoisotopic (exact) mass is 195 g/mol. The van der Waals surface area contributed by atoms with E-state index in [1.165, 1.54) is 0 Å². The van der Waals surface area contributed by atoms with Crippen LogP contribution >= 0.6 is 0 Å². The first kappa shape index (κ1) is 13.5. The zero-order chi connectivity index (χ0) is 11.1. The molecule has 0 rings (SSSR count). The van der Waals surface area contributed by atoms with E-state index in [0.717, 1.165) is 30.7 Å². The lowest BCUT2D eigenvalue weighted by atomic mass is 9.85. The van der Waals surface area contributed by atoms with Crippen LogP contribution in [0.5, 0.6) is 0 Å². The second kappa shape index (κ2) is 6.90. The maximum atomic E-state index is 5.41. The van der Waals surface area contributed by atoms with Gasteiger partial charge >= 0.3 is 0 Å². The zero-order valence-corrected chi connectivity index (χ0v) is 10.3.